The number of carbonyl (C=O) groups excluding carboxylic acids is 1. The van der Waals surface area contributed by atoms with Crippen molar-refractivity contribution in [3.8, 4) is 5.88 Å². The minimum Gasteiger partial charge on any atom is -0.493 e. The molecule has 138 valence electrons. The van der Waals surface area contributed by atoms with E-state index < -0.39 is 5.91 Å². The summed E-state index contributed by atoms with van der Waals surface area (Å²) in [6, 6.07) is 9.05. The van der Waals surface area contributed by atoms with E-state index in [0.29, 0.717) is 17.9 Å². The van der Waals surface area contributed by atoms with Crippen molar-refractivity contribution in [2.24, 2.45) is 10.2 Å². The number of aromatic nitrogens is 2. The summed E-state index contributed by atoms with van der Waals surface area (Å²) in [5.74, 6) is -0.464. The average Bonchev–Trinajstić information content (AvgIpc) is 3.28. The number of halogens is 1. The lowest BCUT2D eigenvalue weighted by atomic mass is 10.2. The summed E-state index contributed by atoms with van der Waals surface area (Å²) in [4.78, 5) is 17.5. The molecule has 7 nitrogen and oxygen atoms in total. The molecule has 2 aromatic heterocycles. The Morgan fingerprint density at radius 1 is 1.30 bits per heavy atom. The fourth-order valence-corrected chi connectivity index (χ4v) is 3.81. The fraction of sp³-hybridized carbons (Fsp3) is 0.263. The number of aromatic hydroxyl groups is 1. The highest BCUT2D eigenvalue weighted by atomic mass is 79.9. The van der Waals surface area contributed by atoms with Gasteiger partial charge in [0.05, 0.1) is 24.2 Å². The summed E-state index contributed by atoms with van der Waals surface area (Å²) in [5.41, 5.74) is 1.53. The van der Waals surface area contributed by atoms with Crippen LogP contribution in [0.1, 0.15) is 23.2 Å². The molecule has 0 spiro atoms. The fourth-order valence-electron chi connectivity index (χ4n) is 3.45. The van der Waals surface area contributed by atoms with E-state index in [1.54, 1.807) is 18.3 Å². The van der Waals surface area contributed by atoms with Gasteiger partial charge < -0.3 is 10.0 Å². The Bertz CT molecular complexity index is 1010. The number of likely N-dealkylation sites (tertiary alicyclic amines) is 1. The number of rotatable bonds is 4. The van der Waals surface area contributed by atoms with E-state index >= 15 is 0 Å². The van der Waals surface area contributed by atoms with Crippen LogP contribution < -0.4 is 4.90 Å². The summed E-state index contributed by atoms with van der Waals surface area (Å²) in [7, 11) is 0. The Hall–Kier alpha value is -2.58. The first kappa shape index (κ1) is 17.8. The first-order chi connectivity index (χ1) is 13.1. The van der Waals surface area contributed by atoms with Gasteiger partial charge in [-0.2, -0.15) is 0 Å². The Balaban J connectivity index is 1.73. The number of pyridine rings is 1. The molecule has 1 aromatic carbocycles. The molecule has 0 radical (unpaired) electrons. The zero-order valence-electron chi connectivity index (χ0n) is 14.6. The van der Waals surface area contributed by atoms with E-state index in [-0.39, 0.29) is 5.88 Å². The first-order valence-corrected chi connectivity index (χ1v) is 9.63. The number of hydrogen-bond acceptors (Lipinski definition) is 4. The minimum atomic E-state index is -0.497. The summed E-state index contributed by atoms with van der Waals surface area (Å²) in [5, 5.41) is 19.5. The first-order valence-electron chi connectivity index (χ1n) is 8.84. The van der Waals surface area contributed by atoms with Crippen LogP contribution in [0.2, 0.25) is 0 Å². The van der Waals surface area contributed by atoms with Crippen LogP contribution in [0.25, 0.3) is 10.9 Å². The summed E-state index contributed by atoms with van der Waals surface area (Å²) in [6.45, 7) is 2.84. The third-order valence-corrected chi connectivity index (χ3v) is 5.31. The Labute approximate surface area is 164 Å². The number of nitrogens with one attached hydrogen (secondary N) is 1. The van der Waals surface area contributed by atoms with Gasteiger partial charge in [-0.05, 0) is 30.3 Å². The molecule has 1 aliphatic rings. The van der Waals surface area contributed by atoms with Gasteiger partial charge in [0.15, 0.2) is 12.4 Å². The van der Waals surface area contributed by atoms with Gasteiger partial charge in [-0.25, -0.2) is 0 Å². The number of nitrogens with zero attached hydrogens (tertiary/aromatic N) is 4. The van der Waals surface area contributed by atoms with Crippen LogP contribution in [0, 0.1) is 0 Å². The van der Waals surface area contributed by atoms with Gasteiger partial charge in [0.25, 0.3) is 5.91 Å². The lowest BCUT2D eigenvalue weighted by Crippen LogP contribution is -3.09. The maximum absolute atomic E-state index is 12.2. The minimum absolute atomic E-state index is 0.0326. The van der Waals surface area contributed by atoms with Crippen molar-refractivity contribution < 1.29 is 14.8 Å². The third kappa shape index (κ3) is 3.63. The van der Waals surface area contributed by atoms with E-state index in [1.165, 1.54) is 23.9 Å². The molecule has 1 amide bonds. The van der Waals surface area contributed by atoms with E-state index in [0.717, 1.165) is 28.5 Å². The van der Waals surface area contributed by atoms with E-state index in [4.69, 9.17) is 0 Å². The number of amides is 1. The molecule has 27 heavy (non-hydrogen) atoms. The maximum Gasteiger partial charge on any atom is 0.296 e. The molecule has 0 bridgehead atoms. The largest absolute Gasteiger partial charge is 0.493 e. The van der Waals surface area contributed by atoms with Gasteiger partial charge in [-0.1, -0.05) is 15.9 Å². The number of fused-ring (bicyclic) bond motifs is 1. The second-order valence-corrected chi connectivity index (χ2v) is 7.54. The molecular weight excluding hydrogens is 410 g/mol. The molecule has 3 heterocycles. The molecule has 1 aliphatic heterocycles. The molecular formula is C19H19BrN5O2+. The van der Waals surface area contributed by atoms with Crippen molar-refractivity contribution in [2.75, 3.05) is 13.1 Å². The molecule has 0 unspecified atom stereocenters. The number of azo groups is 1. The number of carbonyl (C=O) groups is 1. The van der Waals surface area contributed by atoms with Gasteiger partial charge in [0, 0.05) is 35.1 Å². The topological polar surface area (TPSA) is 84.3 Å². The summed E-state index contributed by atoms with van der Waals surface area (Å²) in [6.07, 6.45) is 5.43. The normalized spacial score (nSPS) is 15.1. The smallest absolute Gasteiger partial charge is 0.296 e. The maximum atomic E-state index is 12.2. The highest BCUT2D eigenvalue weighted by molar-refractivity contribution is 9.10. The number of hydrogen-bond donors (Lipinski definition) is 2. The molecule has 0 saturated carbocycles. The molecule has 0 aliphatic carbocycles. The van der Waals surface area contributed by atoms with Crippen LogP contribution in [0.15, 0.2) is 57.4 Å². The second-order valence-electron chi connectivity index (χ2n) is 6.62. The van der Waals surface area contributed by atoms with Crippen molar-refractivity contribution >= 4 is 38.4 Å². The van der Waals surface area contributed by atoms with E-state index in [2.05, 4.69) is 31.1 Å². The third-order valence-electron chi connectivity index (χ3n) is 4.81. The number of quaternary nitrogens is 1. The predicted octanol–water partition coefficient (Wildman–Crippen LogP) is 3.06. The van der Waals surface area contributed by atoms with E-state index in [9.17, 15) is 9.90 Å². The molecule has 4 rings (SSSR count). The molecule has 1 fully saturated rings. The van der Waals surface area contributed by atoms with Crippen molar-refractivity contribution in [3.05, 3.63) is 52.8 Å². The van der Waals surface area contributed by atoms with Gasteiger partial charge >= 0.3 is 0 Å². The number of benzene rings is 1. The van der Waals surface area contributed by atoms with E-state index in [1.807, 2.05) is 22.8 Å². The summed E-state index contributed by atoms with van der Waals surface area (Å²) >= 11 is 3.46. The standard InChI is InChI=1S/C19H18BrN5O2/c20-14-5-6-16-15(10-14)17(19(27)25(16)12-24-8-1-2-9-24)22-23-18(26)13-4-3-7-21-11-13/h3-7,10-11,27H,1-2,8-9,12H2/p+1. The van der Waals surface area contributed by atoms with Crippen LogP contribution in [0.4, 0.5) is 5.69 Å². The zero-order valence-corrected chi connectivity index (χ0v) is 16.2. The van der Waals surface area contributed by atoms with Crippen molar-refractivity contribution in [2.45, 2.75) is 19.5 Å². The molecule has 8 heteroatoms. The van der Waals surface area contributed by atoms with Gasteiger partial charge in [0.2, 0.25) is 5.88 Å². The van der Waals surface area contributed by atoms with Crippen LogP contribution >= 0.6 is 15.9 Å². The zero-order chi connectivity index (χ0) is 18.8. The monoisotopic (exact) mass is 428 g/mol. The Morgan fingerprint density at radius 3 is 2.85 bits per heavy atom. The SMILES string of the molecule is O=C(N=Nc1c(O)n(C[NH+]2CCCC2)c2ccc(Br)cc12)c1cccnc1. The molecule has 3 aromatic rings. The second kappa shape index (κ2) is 7.58. The molecule has 2 N–H and O–H groups in total. The van der Waals surface area contributed by atoms with Crippen LogP contribution in [-0.2, 0) is 6.67 Å². The quantitative estimate of drug-likeness (QED) is 0.626. The average molecular weight is 429 g/mol. The van der Waals surface area contributed by atoms with Gasteiger partial charge in [-0.3, -0.25) is 14.3 Å². The van der Waals surface area contributed by atoms with Crippen LogP contribution in [0.5, 0.6) is 5.88 Å². The predicted molar refractivity (Wildman–Crippen MR) is 104 cm³/mol. The van der Waals surface area contributed by atoms with Gasteiger partial charge in [0.1, 0.15) is 0 Å². The molecule has 0 atom stereocenters. The van der Waals surface area contributed by atoms with Crippen molar-refractivity contribution in [1.29, 1.82) is 0 Å². The Kier molecular flexibility index (Phi) is 5.00. The lowest BCUT2D eigenvalue weighted by molar-refractivity contribution is -0.910. The van der Waals surface area contributed by atoms with Gasteiger partial charge in [-0.15, -0.1) is 10.2 Å². The highest BCUT2D eigenvalue weighted by Gasteiger charge is 2.22. The molecule has 1 saturated heterocycles. The Morgan fingerprint density at radius 2 is 2.11 bits per heavy atom. The van der Waals surface area contributed by atoms with Crippen molar-refractivity contribution in [1.82, 2.24) is 9.55 Å². The van der Waals surface area contributed by atoms with Crippen molar-refractivity contribution in [3.63, 3.8) is 0 Å². The highest BCUT2D eigenvalue weighted by Crippen LogP contribution is 2.39. The lowest BCUT2D eigenvalue weighted by Gasteiger charge is -2.14. The summed E-state index contributed by atoms with van der Waals surface area (Å²) < 4.78 is 2.72. The van der Waals surface area contributed by atoms with Crippen LogP contribution in [-0.4, -0.2) is 33.7 Å². The van der Waals surface area contributed by atoms with Crippen LogP contribution in [0.3, 0.4) is 0 Å².